The van der Waals surface area contributed by atoms with Crippen molar-refractivity contribution < 1.29 is 19.8 Å². The van der Waals surface area contributed by atoms with Crippen molar-refractivity contribution in [1.82, 2.24) is 0 Å². The summed E-state index contributed by atoms with van der Waals surface area (Å²) >= 11 is 0. The summed E-state index contributed by atoms with van der Waals surface area (Å²) in [5.41, 5.74) is -0.489. The van der Waals surface area contributed by atoms with E-state index in [4.69, 9.17) is 5.11 Å². The Kier molecular flexibility index (Phi) is 15.5. The van der Waals surface area contributed by atoms with Crippen molar-refractivity contribution in [3.05, 3.63) is 0 Å². The quantitative estimate of drug-likeness (QED) is 0.245. The van der Waals surface area contributed by atoms with Gasteiger partial charge < -0.3 is 10.2 Å². The molecular formula is C22H42O4. The molecule has 0 aliphatic carbocycles. The van der Waals surface area contributed by atoms with Gasteiger partial charge in [0.15, 0.2) is 0 Å². The third kappa shape index (κ3) is 12.3. The molecule has 4 heteroatoms. The lowest BCUT2D eigenvalue weighted by atomic mass is 9.76. The molecule has 0 saturated heterocycles. The topological polar surface area (TPSA) is 74.6 Å². The zero-order valence-electron chi connectivity index (χ0n) is 17.2. The highest BCUT2D eigenvalue weighted by molar-refractivity contribution is 5.74. The molecule has 0 amide bonds. The maximum Gasteiger partial charge on any atom is 0.309 e. The average Bonchev–Trinajstić information content (AvgIpc) is 2.61. The Hall–Kier alpha value is -1.06. The number of carbonyl (C=O) groups is 2. The molecule has 26 heavy (non-hydrogen) atoms. The summed E-state index contributed by atoms with van der Waals surface area (Å²) in [7, 11) is 0. The first kappa shape index (κ1) is 24.9. The summed E-state index contributed by atoms with van der Waals surface area (Å²) in [4.78, 5) is 22.1. The Morgan fingerprint density at radius 3 is 1.46 bits per heavy atom. The predicted molar refractivity (Wildman–Crippen MR) is 108 cm³/mol. The van der Waals surface area contributed by atoms with Gasteiger partial charge in [-0.3, -0.25) is 9.59 Å². The first-order valence-electron chi connectivity index (χ1n) is 10.9. The summed E-state index contributed by atoms with van der Waals surface area (Å²) < 4.78 is 0. The fourth-order valence-corrected chi connectivity index (χ4v) is 3.69. The Balaban J connectivity index is 3.59. The average molecular weight is 371 g/mol. The van der Waals surface area contributed by atoms with E-state index >= 15 is 0 Å². The predicted octanol–water partition coefficient (Wildman–Crippen LogP) is 6.81. The summed E-state index contributed by atoms with van der Waals surface area (Å²) in [6.07, 6.45) is 17.4. The van der Waals surface area contributed by atoms with E-state index < -0.39 is 17.4 Å². The maximum atomic E-state index is 11.7. The minimum Gasteiger partial charge on any atom is -0.481 e. The fraction of sp³-hybridized carbons (Fsp3) is 0.909. The van der Waals surface area contributed by atoms with E-state index in [9.17, 15) is 14.7 Å². The van der Waals surface area contributed by atoms with Gasteiger partial charge in [0.25, 0.3) is 0 Å². The van der Waals surface area contributed by atoms with Gasteiger partial charge in [0.2, 0.25) is 0 Å². The van der Waals surface area contributed by atoms with Crippen molar-refractivity contribution in [2.24, 2.45) is 5.41 Å². The molecule has 0 aliphatic rings. The molecule has 0 radical (unpaired) electrons. The van der Waals surface area contributed by atoms with E-state index in [1.807, 2.05) is 6.92 Å². The van der Waals surface area contributed by atoms with Crippen LogP contribution in [-0.4, -0.2) is 22.2 Å². The van der Waals surface area contributed by atoms with Crippen LogP contribution in [0.4, 0.5) is 0 Å². The molecule has 4 nitrogen and oxygen atoms in total. The molecule has 1 unspecified atom stereocenters. The van der Waals surface area contributed by atoms with E-state index in [1.165, 1.54) is 38.5 Å². The second-order valence-corrected chi connectivity index (χ2v) is 7.83. The van der Waals surface area contributed by atoms with Gasteiger partial charge in [0.1, 0.15) is 0 Å². The Morgan fingerprint density at radius 1 is 0.654 bits per heavy atom. The highest BCUT2D eigenvalue weighted by atomic mass is 16.4. The van der Waals surface area contributed by atoms with Crippen molar-refractivity contribution in [2.45, 2.75) is 123 Å². The van der Waals surface area contributed by atoms with Crippen LogP contribution in [0, 0.1) is 5.41 Å². The molecule has 0 spiro atoms. The Labute approximate surface area is 160 Å². The van der Waals surface area contributed by atoms with Gasteiger partial charge >= 0.3 is 11.9 Å². The molecule has 0 bridgehead atoms. The molecule has 0 heterocycles. The highest BCUT2D eigenvalue weighted by Crippen LogP contribution is 2.35. The van der Waals surface area contributed by atoms with Gasteiger partial charge in [-0.25, -0.2) is 0 Å². The van der Waals surface area contributed by atoms with Gasteiger partial charge in [-0.15, -0.1) is 0 Å². The molecule has 0 saturated carbocycles. The van der Waals surface area contributed by atoms with Crippen LogP contribution >= 0.6 is 0 Å². The molecule has 2 N–H and O–H groups in total. The molecule has 0 aromatic carbocycles. The van der Waals surface area contributed by atoms with Crippen LogP contribution < -0.4 is 0 Å². The second kappa shape index (κ2) is 16.1. The number of carboxylic acids is 2. The Morgan fingerprint density at radius 2 is 1.08 bits per heavy atom. The molecule has 1 atom stereocenters. The number of carboxylic acid groups (broad SMARTS) is 2. The minimum absolute atomic E-state index is 0.305. The number of hydrogen-bond donors (Lipinski definition) is 2. The first-order chi connectivity index (χ1) is 12.5. The molecule has 0 aromatic rings. The van der Waals surface area contributed by atoms with Crippen LogP contribution in [0.1, 0.15) is 123 Å². The first-order valence-corrected chi connectivity index (χ1v) is 10.9. The maximum absolute atomic E-state index is 11.7. The summed E-state index contributed by atoms with van der Waals surface area (Å²) in [5, 5.41) is 18.2. The fourth-order valence-electron chi connectivity index (χ4n) is 3.69. The van der Waals surface area contributed by atoms with E-state index in [-0.39, 0.29) is 0 Å². The molecule has 0 aromatic heterocycles. The van der Waals surface area contributed by atoms with E-state index in [1.54, 1.807) is 0 Å². The normalized spacial score (nSPS) is 13.5. The lowest BCUT2D eigenvalue weighted by Crippen LogP contribution is -2.30. The third-order valence-electron chi connectivity index (χ3n) is 5.69. The van der Waals surface area contributed by atoms with Crippen LogP contribution in [0.5, 0.6) is 0 Å². The zero-order chi connectivity index (χ0) is 19.7. The van der Waals surface area contributed by atoms with Crippen molar-refractivity contribution in [3.8, 4) is 0 Å². The SMILES string of the molecule is CCCCC(CC)(CCCCCCCCCCCCCC(=O)O)C(=O)O. The van der Waals surface area contributed by atoms with Crippen molar-refractivity contribution in [1.29, 1.82) is 0 Å². The van der Waals surface area contributed by atoms with Gasteiger partial charge in [0, 0.05) is 6.42 Å². The van der Waals surface area contributed by atoms with Crippen LogP contribution in [0.3, 0.4) is 0 Å². The Bertz CT molecular complexity index is 367. The number of hydrogen-bond acceptors (Lipinski definition) is 2. The van der Waals surface area contributed by atoms with E-state index in [2.05, 4.69) is 6.92 Å². The van der Waals surface area contributed by atoms with Crippen molar-refractivity contribution in [3.63, 3.8) is 0 Å². The third-order valence-corrected chi connectivity index (χ3v) is 5.69. The van der Waals surface area contributed by atoms with Crippen LogP contribution in [0.15, 0.2) is 0 Å². The van der Waals surface area contributed by atoms with Gasteiger partial charge in [-0.2, -0.15) is 0 Å². The zero-order valence-corrected chi connectivity index (χ0v) is 17.2. The standard InChI is InChI=1S/C22H42O4/c1-3-5-18-22(4-2,21(25)26)19-16-14-12-10-8-6-7-9-11-13-15-17-20(23)24/h3-19H2,1-2H3,(H,23,24)(H,25,26). The van der Waals surface area contributed by atoms with E-state index in [0.717, 1.165) is 64.2 Å². The van der Waals surface area contributed by atoms with Gasteiger partial charge in [-0.1, -0.05) is 90.9 Å². The lowest BCUT2D eigenvalue weighted by Gasteiger charge is -2.28. The van der Waals surface area contributed by atoms with Crippen LogP contribution in [0.25, 0.3) is 0 Å². The van der Waals surface area contributed by atoms with Crippen LogP contribution in [0.2, 0.25) is 0 Å². The molecule has 0 fully saturated rings. The smallest absolute Gasteiger partial charge is 0.309 e. The molecule has 154 valence electrons. The van der Waals surface area contributed by atoms with Gasteiger partial charge in [-0.05, 0) is 25.7 Å². The van der Waals surface area contributed by atoms with Gasteiger partial charge in [0.05, 0.1) is 5.41 Å². The van der Waals surface area contributed by atoms with Crippen molar-refractivity contribution >= 4 is 11.9 Å². The molecular weight excluding hydrogens is 328 g/mol. The molecule has 0 aliphatic heterocycles. The molecule has 0 rings (SSSR count). The number of aliphatic carboxylic acids is 2. The monoisotopic (exact) mass is 370 g/mol. The second-order valence-electron chi connectivity index (χ2n) is 7.83. The summed E-state index contributed by atoms with van der Waals surface area (Å²) in [6, 6.07) is 0. The largest absolute Gasteiger partial charge is 0.481 e. The summed E-state index contributed by atoms with van der Waals surface area (Å²) in [5.74, 6) is -1.29. The minimum atomic E-state index is -0.685. The number of rotatable bonds is 19. The van der Waals surface area contributed by atoms with Crippen molar-refractivity contribution in [2.75, 3.05) is 0 Å². The highest BCUT2D eigenvalue weighted by Gasteiger charge is 2.35. The lowest BCUT2D eigenvalue weighted by molar-refractivity contribution is -0.150. The number of unbranched alkanes of at least 4 members (excludes halogenated alkanes) is 11. The summed E-state index contributed by atoms with van der Waals surface area (Å²) in [6.45, 7) is 4.14. The van der Waals surface area contributed by atoms with Crippen LogP contribution in [-0.2, 0) is 9.59 Å². The van der Waals surface area contributed by atoms with E-state index in [0.29, 0.717) is 6.42 Å².